The van der Waals surface area contributed by atoms with Gasteiger partial charge in [-0.2, -0.15) is 4.31 Å². The number of nitrogens with zero attached hydrogens (tertiary/aromatic N) is 2. The molecule has 0 aliphatic carbocycles. The number of hydrogen-bond acceptors (Lipinski definition) is 5. The number of ether oxygens (including phenoxy) is 2. The fourth-order valence-corrected chi connectivity index (χ4v) is 5.41. The third-order valence-electron chi connectivity index (χ3n) is 3.82. The smallest absolute Gasteiger partial charge is 0.246 e. The van der Waals surface area contributed by atoms with Crippen molar-refractivity contribution in [1.29, 1.82) is 0 Å². The molecule has 0 spiro atoms. The van der Waals surface area contributed by atoms with Crippen LogP contribution in [0.3, 0.4) is 0 Å². The van der Waals surface area contributed by atoms with E-state index in [2.05, 4.69) is 20.9 Å². The van der Waals surface area contributed by atoms with Crippen LogP contribution in [0.2, 0.25) is 5.15 Å². The van der Waals surface area contributed by atoms with Crippen LogP contribution in [0.4, 0.5) is 0 Å². The highest BCUT2D eigenvalue weighted by atomic mass is 79.9. The molecule has 3 heterocycles. The number of aromatic nitrogens is 1. The molecule has 122 valence electrons. The standard InChI is InChI=1S/C13H16BrClN2O4S/c14-9-7-11(12(15)16-8-9)22(18,19)17-4-2-1-3-10(17)13-20-5-6-21-13/h7-8,10,13H,1-6H2. The van der Waals surface area contributed by atoms with E-state index < -0.39 is 16.3 Å². The van der Waals surface area contributed by atoms with Gasteiger partial charge in [-0.05, 0) is 34.8 Å². The van der Waals surface area contributed by atoms with Crippen LogP contribution in [-0.4, -0.2) is 49.8 Å². The SMILES string of the molecule is O=S(=O)(c1cc(Br)cnc1Cl)N1CCCCC1C1OCCO1. The van der Waals surface area contributed by atoms with Crippen LogP contribution < -0.4 is 0 Å². The fraction of sp³-hybridized carbons (Fsp3) is 0.615. The van der Waals surface area contributed by atoms with Crippen LogP contribution >= 0.6 is 27.5 Å². The van der Waals surface area contributed by atoms with E-state index in [4.69, 9.17) is 21.1 Å². The average molecular weight is 412 g/mol. The van der Waals surface area contributed by atoms with Gasteiger partial charge < -0.3 is 9.47 Å². The summed E-state index contributed by atoms with van der Waals surface area (Å²) in [6, 6.07) is 1.16. The van der Waals surface area contributed by atoms with E-state index in [9.17, 15) is 8.42 Å². The second kappa shape index (κ2) is 6.70. The summed E-state index contributed by atoms with van der Waals surface area (Å²) in [6.07, 6.45) is 3.43. The minimum absolute atomic E-state index is 0.00781. The van der Waals surface area contributed by atoms with Gasteiger partial charge in [-0.1, -0.05) is 18.0 Å². The predicted molar refractivity (Wildman–Crippen MR) is 84.2 cm³/mol. The predicted octanol–water partition coefficient (Wildman–Crippen LogP) is 2.41. The van der Waals surface area contributed by atoms with Crippen LogP contribution in [0.15, 0.2) is 21.6 Å². The molecular weight excluding hydrogens is 396 g/mol. The molecule has 6 nitrogen and oxygen atoms in total. The van der Waals surface area contributed by atoms with Crippen molar-refractivity contribution in [2.24, 2.45) is 0 Å². The summed E-state index contributed by atoms with van der Waals surface area (Å²) in [4.78, 5) is 3.92. The van der Waals surface area contributed by atoms with E-state index in [0.717, 1.165) is 12.8 Å². The molecule has 1 aromatic rings. The van der Waals surface area contributed by atoms with Crippen molar-refractivity contribution in [2.75, 3.05) is 19.8 Å². The topological polar surface area (TPSA) is 68.7 Å². The zero-order chi connectivity index (χ0) is 15.7. The van der Waals surface area contributed by atoms with Gasteiger partial charge in [-0.3, -0.25) is 0 Å². The summed E-state index contributed by atoms with van der Waals surface area (Å²) in [6.45, 7) is 1.42. The van der Waals surface area contributed by atoms with Crippen LogP contribution in [0.1, 0.15) is 19.3 Å². The molecule has 0 amide bonds. The lowest BCUT2D eigenvalue weighted by Crippen LogP contribution is -2.50. The molecule has 1 atom stereocenters. The second-order valence-electron chi connectivity index (χ2n) is 5.23. The van der Waals surface area contributed by atoms with Crippen LogP contribution in [-0.2, 0) is 19.5 Å². The van der Waals surface area contributed by atoms with Crippen molar-refractivity contribution in [3.8, 4) is 0 Å². The fourth-order valence-electron chi connectivity index (χ4n) is 2.81. The molecular formula is C13H16BrClN2O4S. The molecule has 2 fully saturated rings. The molecule has 3 rings (SSSR count). The van der Waals surface area contributed by atoms with E-state index in [0.29, 0.717) is 30.7 Å². The Kier molecular flexibility index (Phi) is 5.06. The van der Waals surface area contributed by atoms with Gasteiger partial charge in [0.05, 0.1) is 19.3 Å². The third-order valence-corrected chi connectivity index (χ3v) is 6.60. The Hall–Kier alpha value is -0.250. The molecule has 9 heteroatoms. The number of sulfonamides is 1. The van der Waals surface area contributed by atoms with Crippen molar-refractivity contribution in [2.45, 2.75) is 36.5 Å². The Morgan fingerprint density at radius 2 is 2.05 bits per heavy atom. The number of piperidine rings is 1. The maximum atomic E-state index is 13.0. The summed E-state index contributed by atoms with van der Waals surface area (Å²) in [5.74, 6) is 0. The van der Waals surface area contributed by atoms with Gasteiger partial charge in [0, 0.05) is 17.2 Å². The van der Waals surface area contributed by atoms with Crippen molar-refractivity contribution < 1.29 is 17.9 Å². The zero-order valence-electron chi connectivity index (χ0n) is 11.7. The van der Waals surface area contributed by atoms with Gasteiger partial charge in [0.25, 0.3) is 0 Å². The van der Waals surface area contributed by atoms with Gasteiger partial charge in [0.2, 0.25) is 10.0 Å². The number of pyridine rings is 1. The van der Waals surface area contributed by atoms with E-state index in [-0.39, 0.29) is 16.1 Å². The molecule has 1 unspecified atom stereocenters. The highest BCUT2D eigenvalue weighted by Gasteiger charge is 2.41. The lowest BCUT2D eigenvalue weighted by Gasteiger charge is -2.36. The minimum Gasteiger partial charge on any atom is -0.349 e. The summed E-state index contributed by atoms with van der Waals surface area (Å²) < 4.78 is 39.1. The maximum Gasteiger partial charge on any atom is 0.246 e. The van der Waals surface area contributed by atoms with Crippen LogP contribution in [0.25, 0.3) is 0 Å². The summed E-state index contributed by atoms with van der Waals surface area (Å²) in [7, 11) is -3.75. The number of rotatable bonds is 3. The Balaban J connectivity index is 1.96. The lowest BCUT2D eigenvalue weighted by atomic mass is 10.0. The van der Waals surface area contributed by atoms with Crippen LogP contribution in [0.5, 0.6) is 0 Å². The van der Waals surface area contributed by atoms with Gasteiger partial charge >= 0.3 is 0 Å². The maximum absolute atomic E-state index is 13.0. The van der Waals surface area contributed by atoms with Crippen molar-refractivity contribution in [1.82, 2.24) is 9.29 Å². The first kappa shape index (κ1) is 16.6. The molecule has 2 aliphatic heterocycles. The van der Waals surface area contributed by atoms with E-state index in [1.54, 1.807) is 0 Å². The molecule has 22 heavy (non-hydrogen) atoms. The number of hydrogen-bond donors (Lipinski definition) is 0. The quantitative estimate of drug-likeness (QED) is 0.715. The van der Waals surface area contributed by atoms with Crippen molar-refractivity contribution >= 4 is 37.6 Å². The highest BCUT2D eigenvalue weighted by molar-refractivity contribution is 9.10. The molecule has 2 saturated heterocycles. The Bertz CT molecular complexity index is 651. The van der Waals surface area contributed by atoms with Gasteiger partial charge in [0.15, 0.2) is 6.29 Å². The number of halogens is 2. The Labute approximate surface area is 142 Å². The molecule has 0 N–H and O–H groups in total. The molecule has 2 aliphatic rings. The Morgan fingerprint density at radius 3 is 2.77 bits per heavy atom. The molecule has 0 aromatic carbocycles. The third kappa shape index (κ3) is 3.18. The molecule has 0 bridgehead atoms. The average Bonchev–Trinajstić information content (AvgIpc) is 3.04. The van der Waals surface area contributed by atoms with E-state index in [1.807, 2.05) is 0 Å². The Morgan fingerprint density at radius 1 is 1.32 bits per heavy atom. The van der Waals surface area contributed by atoms with E-state index in [1.165, 1.54) is 16.6 Å². The largest absolute Gasteiger partial charge is 0.349 e. The summed E-state index contributed by atoms with van der Waals surface area (Å²) >= 11 is 9.25. The second-order valence-corrected chi connectivity index (χ2v) is 8.36. The molecule has 1 aromatic heterocycles. The normalized spacial score (nSPS) is 24.7. The van der Waals surface area contributed by atoms with Gasteiger partial charge in [-0.25, -0.2) is 13.4 Å². The summed E-state index contributed by atoms with van der Waals surface area (Å²) in [5, 5.41) is -0.0271. The first-order valence-corrected chi connectivity index (χ1v) is 9.67. The minimum atomic E-state index is -3.75. The first-order chi connectivity index (χ1) is 10.5. The van der Waals surface area contributed by atoms with Gasteiger partial charge in [-0.15, -0.1) is 0 Å². The van der Waals surface area contributed by atoms with Crippen molar-refractivity contribution in [3.05, 3.63) is 21.9 Å². The molecule has 0 saturated carbocycles. The molecule has 0 radical (unpaired) electrons. The monoisotopic (exact) mass is 410 g/mol. The van der Waals surface area contributed by atoms with Gasteiger partial charge in [0.1, 0.15) is 10.0 Å². The highest BCUT2D eigenvalue weighted by Crippen LogP contribution is 2.32. The van der Waals surface area contributed by atoms with Crippen molar-refractivity contribution in [3.63, 3.8) is 0 Å². The zero-order valence-corrected chi connectivity index (χ0v) is 14.9. The van der Waals surface area contributed by atoms with E-state index >= 15 is 0 Å². The summed E-state index contributed by atoms with van der Waals surface area (Å²) in [5.41, 5.74) is 0. The first-order valence-electron chi connectivity index (χ1n) is 7.06. The lowest BCUT2D eigenvalue weighted by molar-refractivity contribution is -0.0913. The van der Waals surface area contributed by atoms with Crippen LogP contribution in [0, 0.1) is 0 Å².